The van der Waals surface area contributed by atoms with Crippen molar-refractivity contribution in [3.8, 4) is 0 Å². The number of aromatic nitrogens is 3. The summed E-state index contributed by atoms with van der Waals surface area (Å²) in [6, 6.07) is 3.36. The molecule has 1 saturated carbocycles. The molecule has 0 saturated heterocycles. The van der Waals surface area contributed by atoms with Crippen LogP contribution in [0.4, 0.5) is 5.82 Å². The molecule has 1 fully saturated rings. The molecule has 2 N–H and O–H groups in total. The van der Waals surface area contributed by atoms with E-state index >= 15 is 0 Å². The number of amides is 1. The molecule has 0 unspecified atom stereocenters. The molecule has 0 bridgehead atoms. The Labute approximate surface area is 129 Å². The Morgan fingerprint density at radius 2 is 2.19 bits per heavy atom. The molecule has 3 rings (SSSR count). The molecular weight excluding hydrogens is 336 g/mol. The first kappa shape index (κ1) is 13.9. The summed E-state index contributed by atoms with van der Waals surface area (Å²) in [5.41, 5.74) is 1.48. The van der Waals surface area contributed by atoms with Gasteiger partial charge in [0.05, 0.1) is 11.3 Å². The van der Waals surface area contributed by atoms with E-state index in [1.54, 1.807) is 25.3 Å². The van der Waals surface area contributed by atoms with Gasteiger partial charge in [-0.25, -0.2) is 4.79 Å². The number of aryl methyl sites for hydroxylation is 1. The number of aromatic amines is 1. The van der Waals surface area contributed by atoms with Crippen molar-refractivity contribution < 1.29 is 4.79 Å². The number of carbonyl (C=O) groups is 1. The summed E-state index contributed by atoms with van der Waals surface area (Å²) in [6.45, 7) is 1.73. The summed E-state index contributed by atoms with van der Waals surface area (Å²) in [6.07, 6.45) is 3.80. The lowest BCUT2D eigenvalue weighted by Crippen LogP contribution is -2.20. The van der Waals surface area contributed by atoms with Crippen LogP contribution < -0.4 is 11.0 Å². The number of H-pyrrole nitrogens is 1. The third-order valence-electron chi connectivity index (χ3n) is 3.21. The second-order valence-electron chi connectivity index (χ2n) is 5.07. The quantitative estimate of drug-likeness (QED) is 0.891. The number of nitrogens with one attached hydrogen (secondary N) is 2. The first-order valence-electron chi connectivity index (χ1n) is 6.57. The fourth-order valence-electron chi connectivity index (χ4n) is 2.14. The number of nitrogens with zero attached hydrogens (tertiary/aromatic N) is 2. The molecule has 0 aliphatic heterocycles. The van der Waals surface area contributed by atoms with Gasteiger partial charge < -0.3 is 10.3 Å². The Balaban J connectivity index is 1.91. The maximum absolute atomic E-state index is 12.4. The third kappa shape index (κ3) is 3.18. The van der Waals surface area contributed by atoms with Crippen LogP contribution in [0, 0.1) is 6.92 Å². The van der Waals surface area contributed by atoms with Gasteiger partial charge in [-0.05, 0) is 41.8 Å². The van der Waals surface area contributed by atoms with Gasteiger partial charge in [-0.3, -0.25) is 9.78 Å². The number of halogens is 1. The molecule has 0 aromatic carbocycles. The molecule has 108 valence electrons. The van der Waals surface area contributed by atoms with E-state index in [0.29, 0.717) is 17.2 Å². The predicted molar refractivity (Wildman–Crippen MR) is 81.5 cm³/mol. The lowest BCUT2D eigenvalue weighted by atomic mass is 10.1. The van der Waals surface area contributed by atoms with Crippen LogP contribution in [0.1, 0.15) is 40.5 Å². The van der Waals surface area contributed by atoms with Crippen molar-refractivity contribution in [1.29, 1.82) is 0 Å². The van der Waals surface area contributed by atoms with Gasteiger partial charge in [-0.2, -0.15) is 4.98 Å². The highest BCUT2D eigenvalue weighted by Crippen LogP contribution is 2.41. The molecule has 2 aromatic heterocycles. The molecule has 2 heterocycles. The summed E-state index contributed by atoms with van der Waals surface area (Å²) < 4.78 is 0.743. The van der Waals surface area contributed by atoms with Crippen LogP contribution >= 0.6 is 15.9 Å². The van der Waals surface area contributed by atoms with Crippen molar-refractivity contribution in [1.82, 2.24) is 15.0 Å². The van der Waals surface area contributed by atoms with Crippen LogP contribution in [0.3, 0.4) is 0 Å². The van der Waals surface area contributed by atoms with Gasteiger partial charge in [-0.1, -0.05) is 0 Å². The van der Waals surface area contributed by atoms with E-state index in [-0.39, 0.29) is 11.7 Å². The highest BCUT2D eigenvalue weighted by Gasteiger charge is 2.29. The number of pyridine rings is 1. The maximum atomic E-state index is 12.4. The molecule has 21 heavy (non-hydrogen) atoms. The summed E-state index contributed by atoms with van der Waals surface area (Å²) in [5.74, 6) is 0.291. The number of anilines is 1. The van der Waals surface area contributed by atoms with Crippen LogP contribution in [-0.4, -0.2) is 20.9 Å². The monoisotopic (exact) mass is 348 g/mol. The van der Waals surface area contributed by atoms with Crippen molar-refractivity contribution in [2.45, 2.75) is 25.7 Å². The van der Waals surface area contributed by atoms with Gasteiger partial charge in [0.2, 0.25) is 0 Å². The molecule has 0 atom stereocenters. The molecule has 7 heteroatoms. The Hall–Kier alpha value is -2.02. The highest BCUT2D eigenvalue weighted by atomic mass is 79.9. The molecule has 0 radical (unpaired) electrons. The molecule has 6 nitrogen and oxygen atoms in total. The van der Waals surface area contributed by atoms with Crippen molar-refractivity contribution >= 4 is 27.7 Å². The van der Waals surface area contributed by atoms with Gasteiger partial charge in [0.1, 0.15) is 5.82 Å². The van der Waals surface area contributed by atoms with E-state index in [0.717, 1.165) is 23.0 Å². The molecular formula is C14H13BrN4O2. The largest absolute Gasteiger partial charge is 0.347 e. The molecule has 2 aromatic rings. The SMILES string of the molecule is Cc1cc(NC(=O)c2cc(Br)cnc2C2CC2)nc(=O)[nH]1. The molecule has 1 amide bonds. The van der Waals surface area contributed by atoms with Crippen molar-refractivity contribution in [2.24, 2.45) is 0 Å². The van der Waals surface area contributed by atoms with E-state index in [1.165, 1.54) is 0 Å². The second kappa shape index (κ2) is 5.40. The summed E-state index contributed by atoms with van der Waals surface area (Å²) >= 11 is 3.33. The van der Waals surface area contributed by atoms with E-state index in [4.69, 9.17) is 0 Å². The van der Waals surface area contributed by atoms with Crippen molar-refractivity contribution in [3.63, 3.8) is 0 Å². The van der Waals surface area contributed by atoms with Gasteiger partial charge in [0.25, 0.3) is 5.91 Å². The number of rotatable bonds is 3. The molecule has 0 spiro atoms. The number of hydrogen-bond donors (Lipinski definition) is 2. The van der Waals surface area contributed by atoms with E-state index in [1.807, 2.05) is 0 Å². The van der Waals surface area contributed by atoms with Gasteiger partial charge in [-0.15, -0.1) is 0 Å². The minimum Gasteiger partial charge on any atom is -0.310 e. The van der Waals surface area contributed by atoms with E-state index in [9.17, 15) is 9.59 Å². The molecule has 1 aliphatic rings. The smallest absolute Gasteiger partial charge is 0.310 e. The Kier molecular flexibility index (Phi) is 3.59. The Morgan fingerprint density at radius 1 is 1.43 bits per heavy atom. The standard InChI is InChI=1S/C14H13BrN4O2/c1-7-4-11(19-14(21)17-7)18-13(20)10-5-9(15)6-16-12(10)8-2-3-8/h4-6,8H,2-3H2,1H3,(H2,17,18,19,20,21). The number of hydrogen-bond acceptors (Lipinski definition) is 4. The number of carbonyl (C=O) groups excluding carboxylic acids is 1. The topological polar surface area (TPSA) is 87.7 Å². The highest BCUT2D eigenvalue weighted by molar-refractivity contribution is 9.10. The lowest BCUT2D eigenvalue weighted by Gasteiger charge is -2.09. The van der Waals surface area contributed by atoms with E-state index < -0.39 is 5.69 Å². The van der Waals surface area contributed by atoms with Crippen LogP contribution in [0.25, 0.3) is 0 Å². The predicted octanol–water partition coefficient (Wildman–Crippen LogP) is 2.37. The van der Waals surface area contributed by atoms with Gasteiger partial charge in [0, 0.05) is 28.3 Å². The zero-order chi connectivity index (χ0) is 15.0. The minimum absolute atomic E-state index is 0.239. The van der Waals surface area contributed by atoms with Crippen LogP contribution in [0.2, 0.25) is 0 Å². The van der Waals surface area contributed by atoms with E-state index in [2.05, 4.69) is 36.2 Å². The average molecular weight is 349 g/mol. The maximum Gasteiger partial charge on any atom is 0.347 e. The van der Waals surface area contributed by atoms with Crippen LogP contribution in [0.5, 0.6) is 0 Å². The fraction of sp³-hybridized carbons (Fsp3) is 0.286. The zero-order valence-electron chi connectivity index (χ0n) is 11.3. The Morgan fingerprint density at radius 3 is 2.86 bits per heavy atom. The minimum atomic E-state index is -0.486. The zero-order valence-corrected chi connectivity index (χ0v) is 12.9. The second-order valence-corrected chi connectivity index (χ2v) is 5.98. The third-order valence-corrected chi connectivity index (χ3v) is 3.65. The van der Waals surface area contributed by atoms with Crippen molar-refractivity contribution in [2.75, 3.05) is 5.32 Å². The average Bonchev–Trinajstić information content (AvgIpc) is 3.21. The summed E-state index contributed by atoms with van der Waals surface area (Å²) in [7, 11) is 0. The van der Waals surface area contributed by atoms with Crippen molar-refractivity contribution in [3.05, 3.63) is 50.2 Å². The van der Waals surface area contributed by atoms with Crippen LogP contribution in [-0.2, 0) is 0 Å². The van der Waals surface area contributed by atoms with Gasteiger partial charge >= 0.3 is 5.69 Å². The van der Waals surface area contributed by atoms with Gasteiger partial charge in [0.15, 0.2) is 0 Å². The first-order valence-corrected chi connectivity index (χ1v) is 7.37. The lowest BCUT2D eigenvalue weighted by molar-refractivity contribution is 0.102. The summed E-state index contributed by atoms with van der Waals surface area (Å²) in [5, 5.41) is 2.66. The Bertz CT molecular complexity index is 768. The first-order chi connectivity index (χ1) is 10.0. The summed E-state index contributed by atoms with van der Waals surface area (Å²) in [4.78, 5) is 34.4. The molecule has 1 aliphatic carbocycles. The normalized spacial score (nSPS) is 14.0. The van der Waals surface area contributed by atoms with Crippen LogP contribution in [0.15, 0.2) is 27.6 Å². The fourth-order valence-corrected chi connectivity index (χ4v) is 2.47.